The van der Waals surface area contributed by atoms with Gasteiger partial charge in [0.25, 0.3) is 0 Å². The molecule has 1 fully saturated rings. The van der Waals surface area contributed by atoms with Crippen LogP contribution in [0.3, 0.4) is 0 Å². The number of aliphatic hydroxyl groups is 1. The van der Waals surface area contributed by atoms with E-state index in [-0.39, 0.29) is 6.10 Å². The fourth-order valence-corrected chi connectivity index (χ4v) is 2.76. The molecule has 1 aromatic carbocycles. The second-order valence-corrected chi connectivity index (χ2v) is 4.84. The van der Waals surface area contributed by atoms with Crippen molar-refractivity contribution in [1.82, 2.24) is 0 Å². The molecule has 15 heavy (non-hydrogen) atoms. The molecule has 0 spiro atoms. The molecule has 0 radical (unpaired) electrons. The first kappa shape index (κ1) is 10.7. The summed E-state index contributed by atoms with van der Waals surface area (Å²) in [5.41, 5.74) is 4.15. The van der Waals surface area contributed by atoms with Gasteiger partial charge in [0.1, 0.15) is 0 Å². The minimum atomic E-state index is -0.0695. The summed E-state index contributed by atoms with van der Waals surface area (Å²) in [6.45, 7) is 6.48. The topological polar surface area (TPSA) is 20.2 Å². The molecule has 0 amide bonds. The van der Waals surface area contributed by atoms with Crippen LogP contribution in [0.25, 0.3) is 0 Å². The molecule has 0 saturated heterocycles. The molecule has 1 saturated carbocycles. The van der Waals surface area contributed by atoms with Crippen LogP contribution in [0.4, 0.5) is 0 Å². The monoisotopic (exact) mass is 204 g/mol. The quantitative estimate of drug-likeness (QED) is 0.784. The number of hydrogen-bond donors (Lipinski definition) is 1. The van der Waals surface area contributed by atoms with Gasteiger partial charge in [-0.25, -0.2) is 0 Å². The summed E-state index contributed by atoms with van der Waals surface area (Å²) < 4.78 is 0. The smallest absolute Gasteiger partial charge is 0.0580 e. The highest BCUT2D eigenvalue weighted by Gasteiger charge is 2.39. The zero-order valence-corrected chi connectivity index (χ0v) is 9.83. The predicted molar refractivity (Wildman–Crippen MR) is 63.1 cm³/mol. The number of benzene rings is 1. The Morgan fingerprint density at radius 2 is 2.07 bits per heavy atom. The van der Waals surface area contributed by atoms with Gasteiger partial charge in [-0.05, 0) is 43.2 Å². The minimum Gasteiger partial charge on any atom is -0.393 e. The van der Waals surface area contributed by atoms with Gasteiger partial charge >= 0.3 is 0 Å². The second kappa shape index (κ2) is 3.97. The van der Waals surface area contributed by atoms with Gasteiger partial charge in [-0.2, -0.15) is 0 Å². The van der Waals surface area contributed by atoms with Gasteiger partial charge < -0.3 is 5.11 Å². The Hall–Kier alpha value is -0.820. The first-order chi connectivity index (χ1) is 7.13. The van der Waals surface area contributed by atoms with Crippen LogP contribution in [0.15, 0.2) is 18.2 Å². The van der Waals surface area contributed by atoms with Crippen molar-refractivity contribution >= 4 is 0 Å². The molecule has 3 atom stereocenters. The fourth-order valence-electron chi connectivity index (χ4n) is 2.76. The van der Waals surface area contributed by atoms with Crippen molar-refractivity contribution in [3.05, 3.63) is 34.9 Å². The van der Waals surface area contributed by atoms with Crippen molar-refractivity contribution in [2.75, 3.05) is 0 Å². The largest absolute Gasteiger partial charge is 0.393 e. The Morgan fingerprint density at radius 3 is 2.67 bits per heavy atom. The van der Waals surface area contributed by atoms with Crippen molar-refractivity contribution in [2.24, 2.45) is 5.92 Å². The van der Waals surface area contributed by atoms with E-state index in [1.807, 2.05) is 0 Å². The van der Waals surface area contributed by atoms with Crippen molar-refractivity contribution in [2.45, 2.75) is 45.6 Å². The van der Waals surface area contributed by atoms with Gasteiger partial charge in [0.2, 0.25) is 0 Å². The number of hydrogen-bond acceptors (Lipinski definition) is 1. The van der Waals surface area contributed by atoms with Gasteiger partial charge in [-0.1, -0.05) is 37.1 Å². The van der Waals surface area contributed by atoms with Crippen LogP contribution in [0, 0.1) is 19.8 Å². The molecule has 0 aromatic heterocycles. The van der Waals surface area contributed by atoms with Crippen LogP contribution in [0.1, 0.15) is 42.4 Å². The summed E-state index contributed by atoms with van der Waals surface area (Å²) in [4.78, 5) is 0. The average molecular weight is 204 g/mol. The summed E-state index contributed by atoms with van der Waals surface area (Å²) in [5, 5.41) is 9.70. The van der Waals surface area contributed by atoms with Crippen LogP contribution < -0.4 is 0 Å². The lowest BCUT2D eigenvalue weighted by molar-refractivity contribution is -0.000933. The summed E-state index contributed by atoms with van der Waals surface area (Å²) >= 11 is 0. The molecule has 82 valence electrons. The lowest BCUT2D eigenvalue weighted by Gasteiger charge is -2.42. The molecular weight excluding hydrogens is 184 g/mol. The number of aryl methyl sites for hydroxylation is 2. The Balaban J connectivity index is 2.26. The van der Waals surface area contributed by atoms with Crippen molar-refractivity contribution < 1.29 is 5.11 Å². The van der Waals surface area contributed by atoms with Gasteiger partial charge in [0.15, 0.2) is 0 Å². The fraction of sp³-hybridized carbons (Fsp3) is 0.571. The molecule has 3 unspecified atom stereocenters. The first-order valence-electron chi connectivity index (χ1n) is 5.88. The number of rotatable bonds is 2. The Bertz CT molecular complexity index is 356. The van der Waals surface area contributed by atoms with E-state index in [4.69, 9.17) is 0 Å². The molecule has 1 aromatic rings. The lowest BCUT2D eigenvalue weighted by atomic mass is 9.65. The molecule has 0 bridgehead atoms. The lowest BCUT2D eigenvalue weighted by Crippen LogP contribution is -2.39. The number of aliphatic hydroxyl groups excluding tert-OH is 1. The molecule has 0 aliphatic heterocycles. The third-order valence-electron chi connectivity index (χ3n) is 3.81. The molecule has 1 nitrogen and oxygen atoms in total. The van der Waals surface area contributed by atoms with Crippen molar-refractivity contribution in [3.63, 3.8) is 0 Å². The van der Waals surface area contributed by atoms with E-state index < -0.39 is 0 Å². The van der Waals surface area contributed by atoms with Crippen LogP contribution in [0.5, 0.6) is 0 Å². The summed E-state index contributed by atoms with van der Waals surface area (Å²) in [7, 11) is 0. The van der Waals surface area contributed by atoms with E-state index in [0.29, 0.717) is 11.8 Å². The summed E-state index contributed by atoms with van der Waals surface area (Å²) in [5.74, 6) is 1.07. The highest BCUT2D eigenvalue weighted by atomic mass is 16.3. The Kier molecular flexibility index (Phi) is 2.83. The molecule has 1 heteroatoms. The van der Waals surface area contributed by atoms with Gasteiger partial charge in [-0.3, -0.25) is 0 Å². The van der Waals surface area contributed by atoms with Crippen LogP contribution in [0.2, 0.25) is 0 Å². The van der Waals surface area contributed by atoms with Gasteiger partial charge in [-0.15, -0.1) is 0 Å². The van der Waals surface area contributed by atoms with E-state index in [1.165, 1.54) is 16.7 Å². The molecule has 2 rings (SSSR count). The summed E-state index contributed by atoms with van der Waals surface area (Å²) in [6.07, 6.45) is 1.96. The van der Waals surface area contributed by atoms with Crippen LogP contribution in [-0.4, -0.2) is 11.2 Å². The minimum absolute atomic E-state index is 0.0695. The standard InChI is InChI=1S/C14H20O/c1-4-11-13(8-14(11)15)12-7-9(2)5-6-10(12)3/h5-7,11,13-15H,4,8H2,1-3H3. The van der Waals surface area contributed by atoms with E-state index in [0.717, 1.165) is 12.8 Å². The normalized spacial score (nSPS) is 30.0. The zero-order valence-electron chi connectivity index (χ0n) is 9.83. The van der Waals surface area contributed by atoms with Gasteiger partial charge in [0, 0.05) is 0 Å². The van der Waals surface area contributed by atoms with E-state index >= 15 is 0 Å². The van der Waals surface area contributed by atoms with Crippen molar-refractivity contribution in [1.29, 1.82) is 0 Å². The summed E-state index contributed by atoms with van der Waals surface area (Å²) in [6, 6.07) is 6.64. The average Bonchev–Trinajstić information content (AvgIpc) is 2.19. The van der Waals surface area contributed by atoms with E-state index in [9.17, 15) is 5.11 Å². The highest BCUT2D eigenvalue weighted by molar-refractivity contribution is 5.35. The molecule has 1 aliphatic rings. The SMILES string of the molecule is CCC1C(O)CC1c1cc(C)ccc1C. The maximum absolute atomic E-state index is 9.70. The Morgan fingerprint density at radius 1 is 1.33 bits per heavy atom. The van der Waals surface area contributed by atoms with Gasteiger partial charge in [0.05, 0.1) is 6.10 Å². The van der Waals surface area contributed by atoms with E-state index in [2.05, 4.69) is 39.0 Å². The maximum Gasteiger partial charge on any atom is 0.0580 e. The Labute approximate surface area is 92.1 Å². The molecule has 1 N–H and O–H groups in total. The van der Waals surface area contributed by atoms with E-state index in [1.54, 1.807) is 0 Å². The predicted octanol–water partition coefficient (Wildman–Crippen LogP) is 3.18. The third-order valence-corrected chi connectivity index (χ3v) is 3.81. The third kappa shape index (κ3) is 1.81. The van der Waals surface area contributed by atoms with Crippen LogP contribution >= 0.6 is 0 Å². The first-order valence-corrected chi connectivity index (χ1v) is 5.88. The highest BCUT2D eigenvalue weighted by Crippen LogP contribution is 2.45. The van der Waals surface area contributed by atoms with Crippen LogP contribution in [-0.2, 0) is 0 Å². The molecule has 1 aliphatic carbocycles. The maximum atomic E-state index is 9.70. The second-order valence-electron chi connectivity index (χ2n) is 4.84. The zero-order chi connectivity index (χ0) is 11.0. The molecular formula is C14H20O. The molecule has 0 heterocycles. The van der Waals surface area contributed by atoms with Crippen molar-refractivity contribution in [3.8, 4) is 0 Å².